The van der Waals surface area contributed by atoms with Crippen LogP contribution in [0.2, 0.25) is 0 Å². The maximum atomic E-state index is 12.2. The van der Waals surface area contributed by atoms with Crippen LogP contribution in [0.25, 0.3) is 0 Å². The first-order chi connectivity index (χ1) is 7.48. The molecule has 0 atom stereocenters. The Morgan fingerprint density at radius 2 is 2.19 bits per heavy atom. The van der Waals surface area contributed by atoms with Gasteiger partial charge in [0.25, 0.3) is 0 Å². The van der Waals surface area contributed by atoms with Gasteiger partial charge in [-0.1, -0.05) is 0 Å². The van der Waals surface area contributed by atoms with Crippen molar-refractivity contribution in [1.29, 1.82) is 5.26 Å². The minimum Gasteiger partial charge on any atom is -0.345 e. The van der Waals surface area contributed by atoms with Gasteiger partial charge in [-0.25, -0.2) is 0 Å². The van der Waals surface area contributed by atoms with Crippen molar-refractivity contribution in [3.05, 3.63) is 17.8 Å². The molecule has 0 amide bonds. The average molecular weight is 230 g/mol. The molecule has 0 aliphatic heterocycles. The first kappa shape index (κ1) is 12.2. The van der Waals surface area contributed by atoms with Crippen LogP contribution in [0, 0.1) is 11.3 Å². The van der Waals surface area contributed by atoms with E-state index in [0.717, 1.165) is 4.90 Å². The lowest BCUT2D eigenvalue weighted by Crippen LogP contribution is -2.35. The van der Waals surface area contributed by atoms with E-state index in [0.29, 0.717) is 0 Å². The second-order valence-corrected chi connectivity index (χ2v) is 3.01. The Hall–Kier alpha value is -1.84. The topological polar surface area (TPSA) is 52.8 Å². The Morgan fingerprint density at radius 1 is 1.50 bits per heavy atom. The van der Waals surface area contributed by atoms with Gasteiger partial charge in [0.2, 0.25) is 0 Å². The van der Waals surface area contributed by atoms with Crippen molar-refractivity contribution in [3.63, 3.8) is 0 Å². The monoisotopic (exact) mass is 230 g/mol. The van der Waals surface area contributed by atoms with Crippen molar-refractivity contribution >= 4 is 5.82 Å². The molecule has 0 radical (unpaired) electrons. The third-order valence-electron chi connectivity index (χ3n) is 1.87. The fourth-order valence-electron chi connectivity index (χ4n) is 1.20. The lowest BCUT2D eigenvalue weighted by atomic mass is 10.3. The van der Waals surface area contributed by atoms with Crippen molar-refractivity contribution in [2.75, 3.05) is 18.0 Å². The molecule has 0 saturated heterocycles. The molecule has 0 spiro atoms. The van der Waals surface area contributed by atoms with Crippen LogP contribution in [0.5, 0.6) is 0 Å². The molecule has 0 fully saturated rings. The van der Waals surface area contributed by atoms with E-state index in [9.17, 15) is 13.2 Å². The van der Waals surface area contributed by atoms with Crippen LogP contribution in [0.1, 0.15) is 12.5 Å². The smallest absolute Gasteiger partial charge is 0.345 e. The summed E-state index contributed by atoms with van der Waals surface area (Å²) in [6, 6.07) is 3.12. The van der Waals surface area contributed by atoms with Gasteiger partial charge < -0.3 is 4.90 Å². The molecule has 1 aromatic rings. The molecule has 0 aromatic carbocycles. The minimum absolute atomic E-state index is 0.0372. The standard InChI is InChI=1S/C9H9F3N4/c1-2-16(6-9(10,11)12)8-7(5-13)3-4-14-15-8/h3-4H,2,6H2,1H3. The van der Waals surface area contributed by atoms with E-state index < -0.39 is 12.7 Å². The quantitative estimate of drug-likeness (QED) is 0.793. The van der Waals surface area contributed by atoms with Crippen LogP contribution in [0.3, 0.4) is 0 Å². The summed E-state index contributed by atoms with van der Waals surface area (Å²) in [6.07, 6.45) is -3.07. The first-order valence-corrected chi connectivity index (χ1v) is 4.51. The molecule has 0 unspecified atom stereocenters. The van der Waals surface area contributed by atoms with Crippen LogP contribution in [0.15, 0.2) is 12.3 Å². The Labute approximate surface area is 90.3 Å². The average Bonchev–Trinajstić information content (AvgIpc) is 2.24. The number of rotatable bonds is 3. The number of halogens is 3. The Morgan fingerprint density at radius 3 is 2.69 bits per heavy atom. The highest BCUT2D eigenvalue weighted by molar-refractivity contribution is 5.52. The summed E-state index contributed by atoms with van der Waals surface area (Å²) in [6.45, 7) is 0.519. The van der Waals surface area contributed by atoms with E-state index in [2.05, 4.69) is 10.2 Å². The number of hydrogen-bond acceptors (Lipinski definition) is 4. The minimum atomic E-state index is -4.33. The van der Waals surface area contributed by atoms with Crippen molar-refractivity contribution in [3.8, 4) is 6.07 Å². The van der Waals surface area contributed by atoms with Crippen LogP contribution in [-0.4, -0.2) is 29.5 Å². The van der Waals surface area contributed by atoms with Gasteiger partial charge in [0.05, 0.1) is 11.8 Å². The first-order valence-electron chi connectivity index (χ1n) is 4.51. The van der Waals surface area contributed by atoms with E-state index in [1.165, 1.54) is 12.3 Å². The van der Waals surface area contributed by atoms with Crippen LogP contribution < -0.4 is 4.90 Å². The second kappa shape index (κ2) is 4.79. The molecular weight excluding hydrogens is 221 g/mol. The van der Waals surface area contributed by atoms with Crippen molar-refractivity contribution in [2.24, 2.45) is 0 Å². The van der Waals surface area contributed by atoms with E-state index in [-0.39, 0.29) is 17.9 Å². The SMILES string of the molecule is CCN(CC(F)(F)F)c1nnccc1C#N. The summed E-state index contributed by atoms with van der Waals surface area (Å²) in [5.41, 5.74) is 0.0844. The molecule has 4 nitrogen and oxygen atoms in total. The maximum absolute atomic E-state index is 12.2. The van der Waals surface area contributed by atoms with Crippen LogP contribution in [-0.2, 0) is 0 Å². The predicted octanol–water partition coefficient (Wildman–Crippen LogP) is 1.74. The van der Waals surface area contributed by atoms with Crippen molar-refractivity contribution in [2.45, 2.75) is 13.1 Å². The van der Waals surface area contributed by atoms with E-state index in [1.807, 2.05) is 0 Å². The number of aromatic nitrogens is 2. The Balaban J connectivity index is 3.00. The van der Waals surface area contributed by atoms with E-state index >= 15 is 0 Å². The summed E-state index contributed by atoms with van der Waals surface area (Å²) in [4.78, 5) is 0.964. The molecule has 86 valence electrons. The summed E-state index contributed by atoms with van der Waals surface area (Å²) in [5.74, 6) is -0.0372. The lowest BCUT2D eigenvalue weighted by Gasteiger charge is -2.23. The van der Waals surface area contributed by atoms with Gasteiger partial charge in [-0.2, -0.15) is 23.5 Å². The number of hydrogen-bond donors (Lipinski definition) is 0. The summed E-state index contributed by atoms with van der Waals surface area (Å²) in [5, 5.41) is 15.8. The van der Waals surface area contributed by atoms with Gasteiger partial charge in [0.15, 0.2) is 5.82 Å². The summed E-state index contributed by atoms with van der Waals surface area (Å²) in [7, 11) is 0. The summed E-state index contributed by atoms with van der Waals surface area (Å²) < 4.78 is 36.7. The molecular formula is C9H9F3N4. The van der Waals surface area contributed by atoms with Gasteiger partial charge >= 0.3 is 6.18 Å². The second-order valence-electron chi connectivity index (χ2n) is 3.01. The molecule has 1 rings (SSSR count). The number of nitrogens with zero attached hydrogens (tertiary/aromatic N) is 4. The van der Waals surface area contributed by atoms with Crippen LogP contribution >= 0.6 is 0 Å². The summed E-state index contributed by atoms with van der Waals surface area (Å²) >= 11 is 0. The van der Waals surface area contributed by atoms with Gasteiger partial charge in [-0.15, -0.1) is 5.10 Å². The van der Waals surface area contributed by atoms with Crippen molar-refractivity contribution in [1.82, 2.24) is 10.2 Å². The van der Waals surface area contributed by atoms with Gasteiger partial charge in [0.1, 0.15) is 12.6 Å². The molecule has 16 heavy (non-hydrogen) atoms. The van der Waals surface area contributed by atoms with E-state index in [1.54, 1.807) is 13.0 Å². The molecule has 1 aromatic heterocycles. The van der Waals surface area contributed by atoms with Gasteiger partial charge in [-0.3, -0.25) is 0 Å². The number of anilines is 1. The molecule has 0 saturated carbocycles. The number of nitriles is 1. The predicted molar refractivity (Wildman–Crippen MR) is 50.7 cm³/mol. The van der Waals surface area contributed by atoms with Gasteiger partial charge in [0, 0.05) is 6.54 Å². The van der Waals surface area contributed by atoms with E-state index in [4.69, 9.17) is 5.26 Å². The normalized spacial score (nSPS) is 10.9. The highest BCUT2D eigenvalue weighted by Gasteiger charge is 2.31. The van der Waals surface area contributed by atoms with Crippen LogP contribution in [0.4, 0.5) is 19.0 Å². The maximum Gasteiger partial charge on any atom is 0.405 e. The molecule has 7 heteroatoms. The van der Waals surface area contributed by atoms with Gasteiger partial charge in [-0.05, 0) is 13.0 Å². The zero-order valence-electron chi connectivity index (χ0n) is 8.49. The zero-order valence-corrected chi connectivity index (χ0v) is 8.49. The highest BCUT2D eigenvalue weighted by Crippen LogP contribution is 2.22. The lowest BCUT2D eigenvalue weighted by molar-refractivity contribution is -0.119. The highest BCUT2D eigenvalue weighted by atomic mass is 19.4. The molecule has 0 bridgehead atoms. The zero-order chi connectivity index (χ0) is 12.2. The largest absolute Gasteiger partial charge is 0.405 e. The molecule has 1 heterocycles. The third-order valence-corrected chi connectivity index (χ3v) is 1.87. The fraction of sp³-hybridized carbons (Fsp3) is 0.444. The number of alkyl halides is 3. The Kier molecular flexibility index (Phi) is 3.66. The third kappa shape index (κ3) is 3.08. The molecule has 0 aliphatic carbocycles. The fourth-order valence-corrected chi connectivity index (χ4v) is 1.20. The molecule has 0 N–H and O–H groups in total. The van der Waals surface area contributed by atoms with Crippen molar-refractivity contribution < 1.29 is 13.2 Å². The molecule has 0 aliphatic rings. The Bertz CT molecular complexity index is 396.